The third kappa shape index (κ3) is 4.49. The van der Waals surface area contributed by atoms with Gasteiger partial charge in [0.15, 0.2) is 5.17 Å². The molecule has 0 bridgehead atoms. The van der Waals surface area contributed by atoms with Crippen LogP contribution in [0.15, 0.2) is 47.7 Å². The van der Waals surface area contributed by atoms with Crippen molar-refractivity contribution < 1.29 is 8.78 Å². The molecule has 4 nitrogen and oxygen atoms in total. The van der Waals surface area contributed by atoms with E-state index < -0.39 is 11.6 Å². The van der Waals surface area contributed by atoms with Gasteiger partial charge in [0.2, 0.25) is 0 Å². The van der Waals surface area contributed by atoms with E-state index in [2.05, 4.69) is 20.2 Å². The molecule has 1 aromatic carbocycles. The molecule has 2 heterocycles. The highest BCUT2D eigenvalue weighted by Gasteiger charge is 2.13. The molecule has 3 rings (SSSR count). The minimum absolute atomic E-state index is 0.417. The average Bonchev–Trinajstić information content (AvgIpc) is 2.56. The zero-order valence-corrected chi connectivity index (χ0v) is 13.2. The van der Waals surface area contributed by atoms with Gasteiger partial charge in [-0.1, -0.05) is 23.9 Å². The Morgan fingerprint density at radius 1 is 1.26 bits per heavy atom. The Bertz CT molecular complexity index is 694. The van der Waals surface area contributed by atoms with Crippen LogP contribution in [-0.2, 0) is 12.3 Å². The number of hydrogen-bond acceptors (Lipinski definition) is 5. The largest absolute Gasteiger partial charge is 0.352 e. The maximum Gasteiger partial charge on any atom is 0.159 e. The predicted octanol–water partition coefficient (Wildman–Crippen LogP) is 2.97. The SMILES string of the molecule is Fc1ccc(CSC2=NCN(Cc3cccnc3)CN2)c(F)c1. The fraction of sp³-hybridized carbons (Fsp3) is 0.250. The molecule has 1 aliphatic rings. The van der Waals surface area contributed by atoms with E-state index in [4.69, 9.17) is 0 Å². The molecule has 0 fully saturated rings. The molecule has 0 radical (unpaired) electrons. The number of aliphatic imine (C=N–C) groups is 1. The molecule has 7 heteroatoms. The molecule has 120 valence electrons. The van der Waals surface area contributed by atoms with Gasteiger partial charge in [-0.25, -0.2) is 13.8 Å². The van der Waals surface area contributed by atoms with Gasteiger partial charge in [0, 0.05) is 30.8 Å². The van der Waals surface area contributed by atoms with Crippen molar-refractivity contribution in [1.82, 2.24) is 15.2 Å². The Balaban J connectivity index is 1.51. The number of hydrogen-bond donors (Lipinski definition) is 1. The summed E-state index contributed by atoms with van der Waals surface area (Å²) in [5.74, 6) is -0.664. The first-order valence-electron chi connectivity index (χ1n) is 7.17. The van der Waals surface area contributed by atoms with E-state index >= 15 is 0 Å². The van der Waals surface area contributed by atoms with Gasteiger partial charge in [-0.2, -0.15) is 0 Å². The van der Waals surface area contributed by atoms with Crippen molar-refractivity contribution in [1.29, 1.82) is 0 Å². The van der Waals surface area contributed by atoms with E-state index in [0.29, 0.717) is 24.7 Å². The van der Waals surface area contributed by atoms with Gasteiger partial charge in [0.25, 0.3) is 0 Å². The summed E-state index contributed by atoms with van der Waals surface area (Å²) in [5, 5.41) is 3.99. The smallest absolute Gasteiger partial charge is 0.159 e. The standard InChI is InChI=1S/C16H16F2N4S/c17-14-4-3-13(15(18)6-14)9-23-16-20-10-22(11-21-16)8-12-2-1-5-19-7-12/h1-7H,8-11H2,(H,20,21). The number of aromatic nitrogens is 1. The molecule has 0 saturated heterocycles. The molecular weight excluding hydrogens is 318 g/mol. The minimum Gasteiger partial charge on any atom is -0.352 e. The van der Waals surface area contributed by atoms with Crippen LogP contribution in [0.25, 0.3) is 0 Å². The summed E-state index contributed by atoms with van der Waals surface area (Å²) in [6.45, 7) is 2.03. The fourth-order valence-corrected chi connectivity index (χ4v) is 3.03. The van der Waals surface area contributed by atoms with Gasteiger partial charge in [-0.05, 0) is 23.3 Å². The lowest BCUT2D eigenvalue weighted by molar-refractivity contribution is 0.258. The molecule has 0 atom stereocenters. The van der Waals surface area contributed by atoms with Crippen molar-refractivity contribution in [2.75, 3.05) is 13.3 Å². The Labute approximate surface area is 137 Å². The average molecular weight is 334 g/mol. The van der Waals surface area contributed by atoms with Crippen LogP contribution in [0.3, 0.4) is 0 Å². The summed E-state index contributed by atoms with van der Waals surface area (Å²) >= 11 is 1.42. The van der Waals surface area contributed by atoms with Gasteiger partial charge in [-0.15, -0.1) is 0 Å². The minimum atomic E-state index is -0.560. The van der Waals surface area contributed by atoms with E-state index in [9.17, 15) is 8.78 Å². The lowest BCUT2D eigenvalue weighted by atomic mass is 10.2. The Kier molecular flexibility index (Phi) is 5.19. The molecule has 1 aliphatic heterocycles. The zero-order chi connectivity index (χ0) is 16.1. The second-order valence-electron chi connectivity index (χ2n) is 5.15. The molecule has 0 saturated carbocycles. The number of amidine groups is 1. The number of pyridine rings is 1. The molecule has 2 aromatic rings. The monoisotopic (exact) mass is 334 g/mol. The summed E-state index contributed by atoms with van der Waals surface area (Å²) in [7, 11) is 0. The van der Waals surface area contributed by atoms with Crippen LogP contribution in [0.4, 0.5) is 8.78 Å². The number of halogens is 2. The molecule has 1 N–H and O–H groups in total. The number of nitrogens with zero attached hydrogens (tertiary/aromatic N) is 3. The van der Waals surface area contributed by atoms with Crippen LogP contribution >= 0.6 is 11.8 Å². The van der Waals surface area contributed by atoms with E-state index in [1.807, 2.05) is 18.3 Å². The van der Waals surface area contributed by atoms with Gasteiger partial charge in [0.05, 0.1) is 13.3 Å². The molecular formula is C16H16F2N4S. The van der Waals surface area contributed by atoms with Gasteiger partial charge in [-0.3, -0.25) is 9.88 Å². The lowest BCUT2D eigenvalue weighted by Gasteiger charge is -2.26. The Morgan fingerprint density at radius 2 is 2.17 bits per heavy atom. The van der Waals surface area contributed by atoms with Crippen LogP contribution in [0.5, 0.6) is 0 Å². The molecule has 1 aromatic heterocycles. The molecule has 0 aliphatic carbocycles. The highest BCUT2D eigenvalue weighted by atomic mass is 32.2. The highest BCUT2D eigenvalue weighted by molar-refractivity contribution is 8.13. The van der Waals surface area contributed by atoms with Crippen molar-refractivity contribution in [3.63, 3.8) is 0 Å². The second kappa shape index (κ2) is 7.52. The van der Waals surface area contributed by atoms with Crippen LogP contribution in [-0.4, -0.2) is 28.4 Å². The van der Waals surface area contributed by atoms with E-state index in [1.54, 1.807) is 6.20 Å². The van der Waals surface area contributed by atoms with E-state index in [1.165, 1.54) is 23.9 Å². The summed E-state index contributed by atoms with van der Waals surface area (Å²) in [6.07, 6.45) is 3.59. The van der Waals surface area contributed by atoms with Crippen molar-refractivity contribution in [2.24, 2.45) is 4.99 Å². The van der Waals surface area contributed by atoms with Crippen LogP contribution in [0.1, 0.15) is 11.1 Å². The summed E-state index contributed by atoms with van der Waals surface area (Å²) in [6, 6.07) is 7.58. The maximum absolute atomic E-state index is 13.6. The maximum atomic E-state index is 13.6. The van der Waals surface area contributed by atoms with Crippen molar-refractivity contribution in [3.8, 4) is 0 Å². The second-order valence-corrected chi connectivity index (χ2v) is 6.12. The zero-order valence-electron chi connectivity index (χ0n) is 12.4. The normalized spacial score (nSPS) is 15.1. The van der Waals surface area contributed by atoms with E-state index in [-0.39, 0.29) is 0 Å². The first-order chi connectivity index (χ1) is 11.2. The molecule has 0 spiro atoms. The third-order valence-corrected chi connectivity index (χ3v) is 4.38. The van der Waals surface area contributed by atoms with Gasteiger partial charge in [0.1, 0.15) is 11.6 Å². The number of benzene rings is 1. The van der Waals surface area contributed by atoms with Crippen molar-refractivity contribution >= 4 is 16.9 Å². The lowest BCUT2D eigenvalue weighted by Crippen LogP contribution is -2.41. The first kappa shape index (κ1) is 15.9. The highest BCUT2D eigenvalue weighted by Crippen LogP contribution is 2.18. The molecule has 23 heavy (non-hydrogen) atoms. The summed E-state index contributed by atoms with van der Waals surface area (Å²) < 4.78 is 26.5. The number of thioether (sulfide) groups is 1. The first-order valence-corrected chi connectivity index (χ1v) is 8.15. The van der Waals surface area contributed by atoms with Gasteiger partial charge >= 0.3 is 0 Å². The fourth-order valence-electron chi connectivity index (χ4n) is 2.19. The topological polar surface area (TPSA) is 40.5 Å². The predicted molar refractivity (Wildman–Crippen MR) is 87.7 cm³/mol. The van der Waals surface area contributed by atoms with Crippen LogP contribution in [0, 0.1) is 11.6 Å². The summed E-state index contributed by atoms with van der Waals surface area (Å²) in [5.41, 5.74) is 1.60. The quantitative estimate of drug-likeness (QED) is 0.933. The van der Waals surface area contributed by atoms with Crippen molar-refractivity contribution in [2.45, 2.75) is 12.3 Å². The molecule has 0 unspecified atom stereocenters. The third-order valence-electron chi connectivity index (χ3n) is 3.38. The molecule has 0 amide bonds. The summed E-state index contributed by atoms with van der Waals surface area (Å²) in [4.78, 5) is 10.7. The number of nitrogens with one attached hydrogen (secondary N) is 1. The van der Waals surface area contributed by atoms with Gasteiger partial charge < -0.3 is 5.32 Å². The number of rotatable bonds is 4. The Morgan fingerprint density at radius 3 is 2.87 bits per heavy atom. The van der Waals surface area contributed by atoms with Crippen molar-refractivity contribution in [3.05, 3.63) is 65.5 Å². The van der Waals surface area contributed by atoms with Crippen LogP contribution in [0.2, 0.25) is 0 Å². The van der Waals surface area contributed by atoms with E-state index in [0.717, 1.165) is 23.3 Å². The van der Waals surface area contributed by atoms with Crippen LogP contribution < -0.4 is 5.32 Å². The Hall–Kier alpha value is -1.99.